The molecule has 2 nitrogen and oxygen atoms in total. The van der Waals surface area contributed by atoms with Gasteiger partial charge in [-0.2, -0.15) is 0 Å². The summed E-state index contributed by atoms with van der Waals surface area (Å²) in [4.78, 5) is 2.44. The Morgan fingerprint density at radius 2 is 2.00 bits per heavy atom. The summed E-state index contributed by atoms with van der Waals surface area (Å²) >= 11 is 0. The zero-order chi connectivity index (χ0) is 9.26. The third kappa shape index (κ3) is 2.68. The van der Waals surface area contributed by atoms with Crippen molar-refractivity contribution in [2.75, 3.05) is 20.1 Å². The molecule has 2 fully saturated rings. The van der Waals surface area contributed by atoms with Gasteiger partial charge in [-0.15, -0.1) is 0 Å². The van der Waals surface area contributed by atoms with Crippen LogP contribution in [0.25, 0.3) is 0 Å². The van der Waals surface area contributed by atoms with E-state index in [4.69, 9.17) is 5.73 Å². The van der Waals surface area contributed by atoms with E-state index in [2.05, 4.69) is 11.9 Å². The molecule has 2 saturated carbocycles. The molecule has 2 N–H and O–H groups in total. The van der Waals surface area contributed by atoms with Crippen molar-refractivity contribution in [2.24, 2.45) is 17.6 Å². The fourth-order valence-electron chi connectivity index (χ4n) is 2.22. The summed E-state index contributed by atoms with van der Waals surface area (Å²) in [6, 6.07) is 0.449. The predicted octanol–water partition coefficient (Wildman–Crippen LogP) is 1.46. The summed E-state index contributed by atoms with van der Waals surface area (Å²) in [5.41, 5.74) is 6.07. The van der Waals surface area contributed by atoms with Crippen LogP contribution >= 0.6 is 0 Å². The van der Waals surface area contributed by atoms with E-state index >= 15 is 0 Å². The number of nitrogens with zero attached hydrogens (tertiary/aromatic N) is 1. The molecule has 2 rings (SSSR count). The molecule has 0 aromatic rings. The van der Waals surface area contributed by atoms with Gasteiger partial charge in [-0.05, 0) is 44.6 Å². The third-order valence-electron chi connectivity index (χ3n) is 3.54. The Morgan fingerprint density at radius 1 is 1.31 bits per heavy atom. The van der Waals surface area contributed by atoms with Gasteiger partial charge in [-0.3, -0.25) is 0 Å². The minimum absolute atomic E-state index is 0.449. The van der Waals surface area contributed by atoms with Gasteiger partial charge >= 0.3 is 0 Å². The van der Waals surface area contributed by atoms with Crippen molar-refractivity contribution < 1.29 is 0 Å². The Morgan fingerprint density at radius 3 is 2.46 bits per heavy atom. The van der Waals surface area contributed by atoms with Crippen LogP contribution in [-0.4, -0.2) is 31.1 Å². The Hall–Kier alpha value is -0.0800. The summed E-state index contributed by atoms with van der Waals surface area (Å²) in [6.45, 7) is 2.39. The maximum absolute atomic E-state index is 6.07. The van der Waals surface area contributed by atoms with Crippen LogP contribution in [0.4, 0.5) is 0 Å². The minimum Gasteiger partial charge on any atom is -0.326 e. The topological polar surface area (TPSA) is 29.3 Å². The Labute approximate surface area is 81.5 Å². The quantitative estimate of drug-likeness (QED) is 0.697. The number of likely N-dealkylation sites (N-methyl/N-ethyl adjacent to an activating group) is 1. The van der Waals surface area contributed by atoms with Gasteiger partial charge in [0.05, 0.1) is 0 Å². The molecule has 2 heteroatoms. The monoisotopic (exact) mass is 182 g/mol. The van der Waals surface area contributed by atoms with E-state index in [-0.39, 0.29) is 0 Å². The van der Waals surface area contributed by atoms with Crippen LogP contribution in [0.15, 0.2) is 0 Å². The molecule has 76 valence electrons. The lowest BCUT2D eigenvalue weighted by Crippen LogP contribution is -2.39. The highest BCUT2D eigenvalue weighted by molar-refractivity contribution is 4.86. The number of nitrogens with two attached hydrogens (primary N) is 1. The molecule has 2 aliphatic carbocycles. The van der Waals surface area contributed by atoms with Crippen LogP contribution in [0, 0.1) is 11.8 Å². The van der Waals surface area contributed by atoms with Gasteiger partial charge in [-0.1, -0.05) is 6.42 Å². The molecular weight excluding hydrogens is 160 g/mol. The van der Waals surface area contributed by atoms with Gasteiger partial charge in [0.25, 0.3) is 0 Å². The van der Waals surface area contributed by atoms with E-state index < -0.39 is 0 Å². The molecule has 0 aliphatic heterocycles. The largest absolute Gasteiger partial charge is 0.326 e. The molecule has 0 saturated heterocycles. The summed E-state index contributed by atoms with van der Waals surface area (Å²) in [6.07, 6.45) is 7.09. The van der Waals surface area contributed by atoms with Crippen LogP contribution in [0.5, 0.6) is 0 Å². The average molecular weight is 182 g/mol. The summed E-state index contributed by atoms with van der Waals surface area (Å²) in [7, 11) is 2.22. The normalized spacial score (nSPS) is 26.1. The zero-order valence-corrected chi connectivity index (χ0v) is 8.71. The van der Waals surface area contributed by atoms with E-state index in [0.29, 0.717) is 6.04 Å². The van der Waals surface area contributed by atoms with Crippen molar-refractivity contribution in [3.63, 3.8) is 0 Å². The van der Waals surface area contributed by atoms with Crippen molar-refractivity contribution >= 4 is 0 Å². The second-order valence-corrected chi connectivity index (χ2v) is 5.02. The lowest BCUT2D eigenvalue weighted by molar-refractivity contribution is 0.194. The van der Waals surface area contributed by atoms with Crippen molar-refractivity contribution in [3.05, 3.63) is 0 Å². The molecule has 1 unspecified atom stereocenters. The molecule has 0 aromatic heterocycles. The van der Waals surface area contributed by atoms with Crippen molar-refractivity contribution in [1.82, 2.24) is 4.90 Å². The maximum Gasteiger partial charge on any atom is 0.0196 e. The van der Waals surface area contributed by atoms with Gasteiger partial charge in [0.1, 0.15) is 0 Å². The number of rotatable bonds is 5. The molecule has 0 heterocycles. The van der Waals surface area contributed by atoms with E-state index in [1.165, 1.54) is 38.6 Å². The maximum atomic E-state index is 6.07. The average Bonchev–Trinajstić information content (AvgIpc) is 2.78. The predicted molar refractivity (Wildman–Crippen MR) is 55.5 cm³/mol. The van der Waals surface area contributed by atoms with E-state index in [1.807, 2.05) is 0 Å². The highest BCUT2D eigenvalue weighted by Gasteiger charge is 2.29. The summed E-state index contributed by atoms with van der Waals surface area (Å²) in [5.74, 6) is 1.83. The van der Waals surface area contributed by atoms with Gasteiger partial charge in [0, 0.05) is 19.1 Å². The first-order valence-electron chi connectivity index (χ1n) is 5.70. The van der Waals surface area contributed by atoms with Gasteiger partial charge in [0.15, 0.2) is 0 Å². The molecule has 2 aliphatic rings. The van der Waals surface area contributed by atoms with Gasteiger partial charge < -0.3 is 10.6 Å². The van der Waals surface area contributed by atoms with Crippen LogP contribution < -0.4 is 5.73 Å². The van der Waals surface area contributed by atoms with Crippen LogP contribution in [0.3, 0.4) is 0 Å². The summed E-state index contributed by atoms with van der Waals surface area (Å²) in [5, 5.41) is 0. The first-order valence-corrected chi connectivity index (χ1v) is 5.70. The third-order valence-corrected chi connectivity index (χ3v) is 3.54. The second kappa shape index (κ2) is 3.97. The standard InChI is InChI=1S/C11H22N2/c1-13(7-9-3-2-4-9)8-11(12)10-5-6-10/h9-11H,2-8,12H2,1H3. The molecular formula is C11H22N2. The van der Waals surface area contributed by atoms with Crippen LogP contribution in [0.1, 0.15) is 32.1 Å². The number of hydrogen-bond acceptors (Lipinski definition) is 2. The molecule has 0 bridgehead atoms. The molecule has 0 aromatic carbocycles. The summed E-state index contributed by atoms with van der Waals surface area (Å²) < 4.78 is 0. The minimum atomic E-state index is 0.449. The van der Waals surface area contributed by atoms with E-state index in [1.54, 1.807) is 0 Å². The molecule has 13 heavy (non-hydrogen) atoms. The second-order valence-electron chi connectivity index (χ2n) is 5.02. The van der Waals surface area contributed by atoms with Gasteiger partial charge in [-0.25, -0.2) is 0 Å². The SMILES string of the molecule is CN(CC1CCC1)CC(N)C1CC1. The first kappa shape index (κ1) is 9.47. The van der Waals surface area contributed by atoms with Crippen LogP contribution in [0.2, 0.25) is 0 Å². The molecule has 0 amide bonds. The van der Waals surface area contributed by atoms with Gasteiger partial charge in [0.2, 0.25) is 0 Å². The molecule has 0 spiro atoms. The molecule has 0 radical (unpaired) electrons. The fraction of sp³-hybridized carbons (Fsp3) is 1.00. The Kier molecular flexibility index (Phi) is 2.89. The first-order chi connectivity index (χ1) is 6.25. The smallest absolute Gasteiger partial charge is 0.0196 e. The Balaban J connectivity index is 1.61. The van der Waals surface area contributed by atoms with Crippen LogP contribution in [-0.2, 0) is 0 Å². The lowest BCUT2D eigenvalue weighted by Gasteiger charge is -2.31. The Bertz CT molecular complexity index is 161. The van der Waals surface area contributed by atoms with E-state index in [9.17, 15) is 0 Å². The zero-order valence-electron chi connectivity index (χ0n) is 8.71. The molecule has 1 atom stereocenters. The highest BCUT2D eigenvalue weighted by atomic mass is 15.1. The van der Waals surface area contributed by atoms with E-state index in [0.717, 1.165) is 18.4 Å². The number of hydrogen-bond donors (Lipinski definition) is 1. The lowest BCUT2D eigenvalue weighted by atomic mass is 9.85. The van der Waals surface area contributed by atoms with Crippen molar-refractivity contribution in [3.8, 4) is 0 Å². The highest BCUT2D eigenvalue weighted by Crippen LogP contribution is 2.32. The van der Waals surface area contributed by atoms with Crippen molar-refractivity contribution in [1.29, 1.82) is 0 Å². The fourth-order valence-corrected chi connectivity index (χ4v) is 2.22. The van der Waals surface area contributed by atoms with Crippen molar-refractivity contribution in [2.45, 2.75) is 38.1 Å².